The van der Waals surface area contributed by atoms with E-state index in [1.54, 1.807) is 37.3 Å². The molecule has 2 aromatic rings. The Balaban J connectivity index is 2.05. The third-order valence-corrected chi connectivity index (χ3v) is 5.22. The van der Waals surface area contributed by atoms with Crippen LogP contribution in [0.1, 0.15) is 18.9 Å². The van der Waals surface area contributed by atoms with E-state index in [4.69, 9.17) is 0 Å². The van der Waals surface area contributed by atoms with Crippen molar-refractivity contribution < 1.29 is 17.6 Å². The molecule has 0 aliphatic rings. The fraction of sp³-hybridized carbons (Fsp3) is 0.235. The Bertz CT molecular complexity index is 786. The van der Waals surface area contributed by atoms with Gasteiger partial charge in [0.25, 0.3) is 0 Å². The van der Waals surface area contributed by atoms with Gasteiger partial charge in [-0.15, -0.1) is 0 Å². The Morgan fingerprint density at radius 2 is 1.74 bits per heavy atom. The highest BCUT2D eigenvalue weighted by Gasteiger charge is 2.17. The number of benzene rings is 2. The largest absolute Gasteiger partial charge is 0.325 e. The number of hydrogen-bond acceptors (Lipinski definition) is 3. The molecule has 2 rings (SSSR count). The molecule has 0 fully saturated rings. The van der Waals surface area contributed by atoms with Gasteiger partial charge in [-0.2, -0.15) is 0 Å². The van der Waals surface area contributed by atoms with Gasteiger partial charge < -0.3 is 5.32 Å². The van der Waals surface area contributed by atoms with Crippen LogP contribution in [0, 0.1) is 5.82 Å². The molecule has 23 heavy (non-hydrogen) atoms. The molecule has 1 amide bonds. The number of rotatable bonds is 6. The van der Waals surface area contributed by atoms with Crippen LogP contribution in [-0.2, 0) is 21.1 Å². The number of hydrogen-bond donors (Lipinski definition) is 1. The van der Waals surface area contributed by atoms with Crippen molar-refractivity contribution in [2.24, 2.45) is 0 Å². The highest BCUT2D eigenvalue weighted by molar-refractivity contribution is 7.91. The Morgan fingerprint density at radius 3 is 2.39 bits per heavy atom. The van der Waals surface area contributed by atoms with Crippen LogP contribution in [0.2, 0.25) is 0 Å². The number of amides is 1. The number of halogens is 1. The average Bonchev–Trinajstić information content (AvgIpc) is 2.55. The summed E-state index contributed by atoms with van der Waals surface area (Å²) in [4.78, 5) is 12.2. The summed E-state index contributed by atoms with van der Waals surface area (Å²) in [6.07, 6.45) is 0.640. The lowest BCUT2D eigenvalue weighted by atomic mass is 10.1. The summed E-state index contributed by atoms with van der Waals surface area (Å²) in [7, 11) is -3.40. The second kappa shape index (κ2) is 7.37. The van der Waals surface area contributed by atoms with Gasteiger partial charge in [0.1, 0.15) is 5.82 Å². The second-order valence-electron chi connectivity index (χ2n) is 5.07. The van der Waals surface area contributed by atoms with Crippen LogP contribution < -0.4 is 5.32 Å². The van der Waals surface area contributed by atoms with Crippen molar-refractivity contribution in [1.29, 1.82) is 0 Å². The third-order valence-electron chi connectivity index (χ3n) is 3.43. The molecule has 6 heteroatoms. The van der Waals surface area contributed by atoms with E-state index in [1.165, 1.54) is 18.2 Å². The lowest BCUT2D eigenvalue weighted by Gasteiger charge is -2.10. The topological polar surface area (TPSA) is 63.2 Å². The number of nitrogens with one attached hydrogen (secondary N) is 1. The highest BCUT2D eigenvalue weighted by atomic mass is 32.2. The van der Waals surface area contributed by atoms with Gasteiger partial charge in [0.2, 0.25) is 5.91 Å². The van der Waals surface area contributed by atoms with Gasteiger partial charge in [0, 0.05) is 6.42 Å². The quantitative estimate of drug-likeness (QED) is 0.882. The smallest absolute Gasteiger partial charge is 0.224 e. The molecule has 122 valence electrons. The number of carbonyl (C=O) groups is 1. The zero-order chi connectivity index (χ0) is 16.9. The minimum atomic E-state index is -3.40. The van der Waals surface area contributed by atoms with Crippen molar-refractivity contribution in [2.45, 2.75) is 24.7 Å². The van der Waals surface area contributed by atoms with E-state index in [9.17, 15) is 17.6 Å². The van der Waals surface area contributed by atoms with Crippen molar-refractivity contribution in [3.63, 3.8) is 0 Å². The minimum Gasteiger partial charge on any atom is -0.325 e. The molecular weight excluding hydrogens is 317 g/mol. The fourth-order valence-corrected chi connectivity index (χ4v) is 3.17. The summed E-state index contributed by atoms with van der Waals surface area (Å²) < 4.78 is 36.9. The molecule has 0 spiro atoms. The third kappa shape index (κ3) is 4.63. The van der Waals surface area contributed by atoms with E-state index in [2.05, 4.69) is 5.32 Å². The molecule has 0 aliphatic heterocycles. The maximum atomic E-state index is 12.8. The summed E-state index contributed by atoms with van der Waals surface area (Å²) in [5, 5.41) is 2.64. The van der Waals surface area contributed by atoms with Gasteiger partial charge in [-0.3, -0.25) is 4.79 Å². The van der Waals surface area contributed by atoms with E-state index >= 15 is 0 Å². The molecule has 0 saturated carbocycles. The standard InChI is InChI=1S/C17H18FNO3S/c1-2-23(21,22)16-6-4-3-5-15(16)19-17(20)12-9-13-7-10-14(18)11-8-13/h3-8,10-11H,2,9,12H2,1H3,(H,19,20). The molecule has 0 radical (unpaired) electrons. The predicted molar refractivity (Wildman–Crippen MR) is 87.5 cm³/mol. The maximum absolute atomic E-state index is 12.8. The first kappa shape index (κ1) is 17.1. The molecule has 0 unspecified atom stereocenters. The van der Waals surface area contributed by atoms with Gasteiger partial charge in [0.15, 0.2) is 9.84 Å². The zero-order valence-electron chi connectivity index (χ0n) is 12.8. The summed E-state index contributed by atoms with van der Waals surface area (Å²) in [6, 6.07) is 12.3. The Labute approximate surface area is 135 Å². The number of anilines is 1. The van der Waals surface area contributed by atoms with E-state index < -0.39 is 9.84 Å². The number of carbonyl (C=O) groups excluding carboxylic acids is 1. The van der Waals surface area contributed by atoms with Crippen LogP contribution in [0.3, 0.4) is 0 Å². The minimum absolute atomic E-state index is 0.0323. The molecule has 4 nitrogen and oxygen atoms in total. The van der Waals surface area contributed by atoms with E-state index in [0.29, 0.717) is 12.1 Å². The molecule has 0 bridgehead atoms. The Kier molecular flexibility index (Phi) is 5.50. The predicted octanol–water partition coefficient (Wildman–Crippen LogP) is 3.19. The lowest BCUT2D eigenvalue weighted by Crippen LogP contribution is -2.15. The van der Waals surface area contributed by atoms with Gasteiger partial charge in [-0.1, -0.05) is 31.2 Å². The van der Waals surface area contributed by atoms with Crippen molar-refractivity contribution >= 4 is 21.4 Å². The van der Waals surface area contributed by atoms with Crippen molar-refractivity contribution in [3.05, 3.63) is 59.9 Å². The van der Waals surface area contributed by atoms with Crippen LogP contribution in [0.5, 0.6) is 0 Å². The number of aryl methyl sites for hydroxylation is 1. The molecule has 0 heterocycles. The van der Waals surface area contributed by atoms with Crippen LogP contribution in [-0.4, -0.2) is 20.1 Å². The SMILES string of the molecule is CCS(=O)(=O)c1ccccc1NC(=O)CCc1ccc(F)cc1. The molecule has 0 aromatic heterocycles. The normalized spacial score (nSPS) is 11.2. The van der Waals surface area contributed by atoms with E-state index in [1.807, 2.05) is 0 Å². The Hall–Kier alpha value is -2.21. The first-order valence-electron chi connectivity index (χ1n) is 7.28. The zero-order valence-corrected chi connectivity index (χ0v) is 13.6. The van der Waals surface area contributed by atoms with Crippen LogP contribution in [0.4, 0.5) is 10.1 Å². The van der Waals surface area contributed by atoms with Gasteiger partial charge in [0.05, 0.1) is 16.3 Å². The number of sulfone groups is 1. The molecule has 1 N–H and O–H groups in total. The second-order valence-corrected chi connectivity index (χ2v) is 7.32. The van der Waals surface area contributed by atoms with Crippen molar-refractivity contribution in [1.82, 2.24) is 0 Å². The van der Waals surface area contributed by atoms with Gasteiger partial charge >= 0.3 is 0 Å². The van der Waals surface area contributed by atoms with Crippen LogP contribution >= 0.6 is 0 Å². The summed E-state index contributed by atoms with van der Waals surface area (Å²) in [6.45, 7) is 1.56. The molecule has 0 saturated heterocycles. The number of para-hydroxylation sites is 1. The summed E-state index contributed by atoms with van der Waals surface area (Å²) >= 11 is 0. The van der Waals surface area contributed by atoms with Crippen molar-refractivity contribution in [3.8, 4) is 0 Å². The summed E-state index contributed by atoms with van der Waals surface area (Å²) in [5.74, 6) is -0.639. The van der Waals surface area contributed by atoms with Crippen LogP contribution in [0.15, 0.2) is 53.4 Å². The first-order chi connectivity index (χ1) is 10.9. The average molecular weight is 335 g/mol. The summed E-state index contributed by atoms with van der Waals surface area (Å²) in [5.41, 5.74) is 1.13. The fourth-order valence-electron chi connectivity index (χ4n) is 2.12. The monoisotopic (exact) mass is 335 g/mol. The maximum Gasteiger partial charge on any atom is 0.224 e. The van der Waals surface area contributed by atoms with Gasteiger partial charge in [-0.05, 0) is 36.2 Å². The Morgan fingerprint density at radius 1 is 1.09 bits per heavy atom. The molecule has 0 aliphatic carbocycles. The van der Waals surface area contributed by atoms with E-state index in [0.717, 1.165) is 5.56 Å². The molecule has 2 aromatic carbocycles. The highest BCUT2D eigenvalue weighted by Crippen LogP contribution is 2.22. The molecule has 0 atom stereocenters. The first-order valence-corrected chi connectivity index (χ1v) is 8.93. The van der Waals surface area contributed by atoms with Crippen LogP contribution in [0.25, 0.3) is 0 Å². The van der Waals surface area contributed by atoms with Gasteiger partial charge in [-0.25, -0.2) is 12.8 Å². The lowest BCUT2D eigenvalue weighted by molar-refractivity contribution is -0.116. The van der Waals surface area contributed by atoms with Crippen molar-refractivity contribution in [2.75, 3.05) is 11.1 Å². The molecular formula is C17H18FNO3S. The van der Waals surface area contributed by atoms with E-state index in [-0.39, 0.29) is 28.8 Å².